The van der Waals surface area contributed by atoms with Gasteiger partial charge in [-0.15, -0.1) is 0 Å². The van der Waals surface area contributed by atoms with Crippen molar-refractivity contribution >= 4 is 0 Å². The van der Waals surface area contributed by atoms with Crippen LogP contribution in [0.5, 0.6) is 0 Å². The third kappa shape index (κ3) is 2.43. The van der Waals surface area contributed by atoms with Crippen LogP contribution in [-0.2, 0) is 31.5 Å². The van der Waals surface area contributed by atoms with E-state index >= 15 is 0 Å². The summed E-state index contributed by atoms with van der Waals surface area (Å²) in [6.07, 6.45) is 4.22. The quantitative estimate of drug-likeness (QED) is 0.708. The largest absolute Gasteiger partial charge is 0.472 e. The normalized spacial score (nSPS) is 24.2. The van der Waals surface area contributed by atoms with Crippen molar-refractivity contribution in [3.63, 3.8) is 0 Å². The predicted octanol–water partition coefficient (Wildman–Crippen LogP) is -0.290. The van der Waals surface area contributed by atoms with Gasteiger partial charge in [0, 0.05) is 32.2 Å². The third-order valence-electron chi connectivity index (χ3n) is 4.63. The molecule has 0 aromatic carbocycles. The minimum atomic E-state index is -0.598. The van der Waals surface area contributed by atoms with E-state index in [9.17, 15) is 9.59 Å². The molecule has 0 radical (unpaired) electrons. The predicted molar refractivity (Wildman–Crippen MR) is 79.9 cm³/mol. The fraction of sp³-hybridized carbons (Fsp3) is 0.533. The van der Waals surface area contributed by atoms with E-state index in [2.05, 4.69) is 10.00 Å². The molecule has 1 saturated heterocycles. The fourth-order valence-corrected chi connectivity index (χ4v) is 3.42. The molecule has 2 aromatic rings. The van der Waals surface area contributed by atoms with Gasteiger partial charge in [-0.3, -0.25) is 19.1 Å². The first-order chi connectivity index (χ1) is 11.1. The molecule has 0 aliphatic carbocycles. The van der Waals surface area contributed by atoms with Crippen molar-refractivity contribution in [3.8, 4) is 0 Å². The van der Waals surface area contributed by atoms with Gasteiger partial charge < -0.3 is 9.15 Å². The molecule has 122 valence electrons. The lowest BCUT2D eigenvalue weighted by Gasteiger charge is -2.35. The molecule has 4 heterocycles. The number of hydrogen-bond donors (Lipinski definition) is 0. The van der Waals surface area contributed by atoms with Gasteiger partial charge in [0.2, 0.25) is 0 Å². The van der Waals surface area contributed by atoms with E-state index in [1.165, 1.54) is 11.6 Å². The van der Waals surface area contributed by atoms with Crippen LogP contribution in [0.15, 0.2) is 32.6 Å². The number of rotatable bonds is 2. The summed E-state index contributed by atoms with van der Waals surface area (Å²) in [6.45, 7) is 3.03. The van der Waals surface area contributed by atoms with Crippen LogP contribution in [0.25, 0.3) is 0 Å². The maximum absolute atomic E-state index is 12.2. The molecule has 8 heteroatoms. The number of likely N-dealkylation sites (tertiary alicyclic amines) is 1. The van der Waals surface area contributed by atoms with Gasteiger partial charge in [0.05, 0.1) is 19.1 Å². The monoisotopic (exact) mass is 318 g/mol. The van der Waals surface area contributed by atoms with Crippen LogP contribution in [0.3, 0.4) is 0 Å². The van der Waals surface area contributed by atoms with Gasteiger partial charge in [0.1, 0.15) is 12.2 Å². The molecule has 2 aromatic heterocycles. The Morgan fingerprint density at radius 2 is 2.17 bits per heavy atom. The van der Waals surface area contributed by atoms with Gasteiger partial charge in [-0.1, -0.05) is 0 Å². The van der Waals surface area contributed by atoms with Gasteiger partial charge in [-0.2, -0.15) is 5.10 Å². The van der Waals surface area contributed by atoms with Gasteiger partial charge >= 0.3 is 11.1 Å². The number of fused-ring (bicyclic) bond motifs is 1. The van der Waals surface area contributed by atoms with Crippen molar-refractivity contribution < 1.29 is 9.15 Å². The molecule has 1 atom stereocenters. The summed E-state index contributed by atoms with van der Waals surface area (Å²) in [5.74, 6) is 0.510. The van der Waals surface area contributed by atoms with Crippen LogP contribution in [0, 0.1) is 0 Å². The van der Waals surface area contributed by atoms with Gasteiger partial charge in [0.15, 0.2) is 5.82 Å². The highest BCUT2D eigenvalue weighted by Crippen LogP contribution is 2.31. The number of aromatic nitrogens is 3. The third-order valence-corrected chi connectivity index (χ3v) is 4.63. The Kier molecular flexibility index (Phi) is 3.24. The summed E-state index contributed by atoms with van der Waals surface area (Å²) in [7, 11) is 1.48. The average Bonchev–Trinajstić information content (AvgIpc) is 3.18. The minimum absolute atomic E-state index is 0.253. The zero-order valence-electron chi connectivity index (χ0n) is 12.9. The van der Waals surface area contributed by atoms with E-state index in [-0.39, 0.29) is 6.61 Å². The van der Waals surface area contributed by atoms with E-state index in [1.54, 1.807) is 12.5 Å². The summed E-state index contributed by atoms with van der Waals surface area (Å²) in [5, 5.41) is 4.12. The summed E-state index contributed by atoms with van der Waals surface area (Å²) in [4.78, 5) is 26.3. The van der Waals surface area contributed by atoms with E-state index in [0.717, 1.165) is 36.3 Å². The molecule has 4 rings (SSSR count). The second-order valence-corrected chi connectivity index (χ2v) is 6.30. The molecular formula is C15H18N4O4. The summed E-state index contributed by atoms with van der Waals surface area (Å²) >= 11 is 0. The Bertz CT molecular complexity index is 838. The maximum Gasteiger partial charge on any atom is 0.332 e. The standard InChI is InChI=1S/C15H18N4O4/c1-17-13(20)14(21)19-10-15(23-8-12(19)16-17)3-4-18(9-15)6-11-2-5-22-7-11/h2,5,7H,3-4,6,8-10H2,1H3/t15-/m0/s1. The lowest BCUT2D eigenvalue weighted by Crippen LogP contribution is -2.52. The van der Waals surface area contributed by atoms with Gasteiger partial charge in [-0.25, -0.2) is 4.68 Å². The smallest absolute Gasteiger partial charge is 0.332 e. The fourth-order valence-electron chi connectivity index (χ4n) is 3.42. The number of nitrogens with zero attached hydrogens (tertiary/aromatic N) is 4. The highest BCUT2D eigenvalue weighted by Gasteiger charge is 2.43. The zero-order valence-corrected chi connectivity index (χ0v) is 12.9. The Labute approximate surface area is 131 Å². The van der Waals surface area contributed by atoms with Crippen LogP contribution >= 0.6 is 0 Å². The van der Waals surface area contributed by atoms with Crippen LogP contribution in [0.1, 0.15) is 17.8 Å². The number of aryl methyl sites for hydroxylation is 1. The maximum atomic E-state index is 12.2. The molecule has 2 aliphatic heterocycles. The molecule has 1 spiro atoms. The van der Waals surface area contributed by atoms with Crippen molar-refractivity contribution in [2.24, 2.45) is 7.05 Å². The summed E-state index contributed by atoms with van der Waals surface area (Å²) < 4.78 is 13.7. The second kappa shape index (κ2) is 5.17. The topological polar surface area (TPSA) is 82.5 Å². The second-order valence-electron chi connectivity index (χ2n) is 6.30. The highest BCUT2D eigenvalue weighted by molar-refractivity contribution is 5.07. The molecule has 8 nitrogen and oxygen atoms in total. The lowest BCUT2D eigenvalue weighted by atomic mass is 10.0. The molecule has 0 N–H and O–H groups in total. The van der Waals surface area contributed by atoms with Crippen molar-refractivity contribution in [2.75, 3.05) is 13.1 Å². The molecule has 2 aliphatic rings. The van der Waals surface area contributed by atoms with Crippen LogP contribution < -0.4 is 11.1 Å². The minimum Gasteiger partial charge on any atom is -0.472 e. The number of furan rings is 1. The molecule has 1 fully saturated rings. The molecule has 0 unspecified atom stereocenters. The van der Waals surface area contributed by atoms with E-state index in [0.29, 0.717) is 12.4 Å². The Morgan fingerprint density at radius 1 is 1.30 bits per heavy atom. The first-order valence-corrected chi connectivity index (χ1v) is 7.61. The lowest BCUT2D eigenvalue weighted by molar-refractivity contribution is -0.0858. The molecular weight excluding hydrogens is 300 g/mol. The highest BCUT2D eigenvalue weighted by atomic mass is 16.5. The zero-order chi connectivity index (χ0) is 16.0. The van der Waals surface area contributed by atoms with Crippen molar-refractivity contribution in [3.05, 3.63) is 50.7 Å². The first-order valence-electron chi connectivity index (χ1n) is 7.61. The number of hydrogen-bond acceptors (Lipinski definition) is 6. The summed E-state index contributed by atoms with van der Waals surface area (Å²) in [6, 6.07) is 1.94. The molecule has 0 amide bonds. The van der Waals surface area contributed by atoms with Crippen LogP contribution in [-0.4, -0.2) is 37.9 Å². The van der Waals surface area contributed by atoms with E-state index < -0.39 is 16.7 Å². The van der Waals surface area contributed by atoms with Gasteiger partial charge in [0.25, 0.3) is 0 Å². The first kappa shape index (κ1) is 14.4. The van der Waals surface area contributed by atoms with Crippen LogP contribution in [0.2, 0.25) is 0 Å². The molecule has 23 heavy (non-hydrogen) atoms. The van der Waals surface area contributed by atoms with Crippen molar-refractivity contribution in [1.29, 1.82) is 0 Å². The Morgan fingerprint density at radius 3 is 2.96 bits per heavy atom. The Hall–Kier alpha value is -2.19. The SMILES string of the molecule is Cn1nc2n(c(=O)c1=O)C[C@@]1(CCN(Cc3ccoc3)C1)OC2. The van der Waals surface area contributed by atoms with E-state index in [1.807, 2.05) is 6.07 Å². The van der Waals surface area contributed by atoms with Crippen LogP contribution in [0.4, 0.5) is 0 Å². The average molecular weight is 318 g/mol. The summed E-state index contributed by atoms with van der Waals surface area (Å²) in [5.41, 5.74) is -0.423. The molecule has 0 bridgehead atoms. The number of ether oxygens (including phenoxy) is 1. The van der Waals surface area contributed by atoms with Crippen molar-refractivity contribution in [1.82, 2.24) is 19.2 Å². The van der Waals surface area contributed by atoms with Crippen molar-refractivity contribution in [2.45, 2.75) is 31.7 Å². The van der Waals surface area contributed by atoms with Gasteiger partial charge in [-0.05, 0) is 12.5 Å². The molecule has 0 saturated carbocycles. The van der Waals surface area contributed by atoms with E-state index in [4.69, 9.17) is 9.15 Å². The Balaban J connectivity index is 1.57.